The molecule has 0 aliphatic carbocycles. The van der Waals surface area contributed by atoms with Gasteiger partial charge in [0, 0.05) is 18.3 Å². The van der Waals surface area contributed by atoms with Crippen molar-refractivity contribution < 1.29 is 4.42 Å². The molecule has 2 aromatic rings. The molecule has 2 heterocycles. The summed E-state index contributed by atoms with van der Waals surface area (Å²) < 4.78 is 6.41. The van der Waals surface area contributed by atoms with Crippen molar-refractivity contribution in [3.8, 4) is 0 Å². The largest absolute Gasteiger partial charge is 0.453 e. The van der Waals surface area contributed by atoms with Gasteiger partial charge >= 0.3 is 0 Å². The Morgan fingerprint density at radius 3 is 2.63 bits per heavy atom. The molecule has 0 saturated heterocycles. The molecule has 0 aliphatic heterocycles. The minimum atomic E-state index is 0.163. The van der Waals surface area contributed by atoms with E-state index < -0.39 is 0 Å². The van der Waals surface area contributed by atoms with E-state index in [9.17, 15) is 0 Å². The van der Waals surface area contributed by atoms with E-state index in [4.69, 9.17) is 4.42 Å². The number of aromatic nitrogens is 1. The molecular formula is C15H19BrN2O. The second-order valence-corrected chi connectivity index (χ2v) is 5.25. The fourth-order valence-corrected chi connectivity index (χ4v) is 2.35. The highest BCUT2D eigenvalue weighted by Gasteiger charge is 2.15. The molecule has 1 atom stereocenters. The van der Waals surface area contributed by atoms with Crippen LogP contribution in [0.3, 0.4) is 0 Å². The van der Waals surface area contributed by atoms with Crippen molar-refractivity contribution in [1.29, 1.82) is 0 Å². The number of hydrogen-bond donors (Lipinski definition) is 1. The summed E-state index contributed by atoms with van der Waals surface area (Å²) in [5, 5.41) is 3.43. The Morgan fingerprint density at radius 1 is 1.26 bits per heavy atom. The van der Waals surface area contributed by atoms with Crippen molar-refractivity contribution in [3.05, 3.63) is 52.1 Å². The zero-order valence-electron chi connectivity index (χ0n) is 11.3. The number of hydrogen-bond acceptors (Lipinski definition) is 3. The van der Waals surface area contributed by atoms with Crippen LogP contribution in [0.25, 0.3) is 0 Å². The van der Waals surface area contributed by atoms with Gasteiger partial charge in [-0.25, -0.2) is 0 Å². The zero-order chi connectivity index (χ0) is 13.7. The molecule has 3 nitrogen and oxygen atoms in total. The highest BCUT2D eigenvalue weighted by atomic mass is 79.9. The van der Waals surface area contributed by atoms with Gasteiger partial charge in [-0.3, -0.25) is 4.98 Å². The molecule has 1 unspecified atom stereocenters. The first kappa shape index (κ1) is 14.3. The van der Waals surface area contributed by atoms with Gasteiger partial charge in [-0.15, -0.1) is 0 Å². The van der Waals surface area contributed by atoms with E-state index in [-0.39, 0.29) is 6.04 Å². The third kappa shape index (κ3) is 3.91. The van der Waals surface area contributed by atoms with Crippen LogP contribution in [-0.2, 0) is 12.8 Å². The number of rotatable bonds is 6. The van der Waals surface area contributed by atoms with Crippen molar-refractivity contribution in [1.82, 2.24) is 10.3 Å². The smallest absolute Gasteiger partial charge is 0.169 e. The first-order valence-electron chi connectivity index (χ1n) is 6.65. The molecule has 4 heteroatoms. The summed E-state index contributed by atoms with van der Waals surface area (Å²) in [5.41, 5.74) is 2.35. The van der Waals surface area contributed by atoms with E-state index >= 15 is 0 Å². The summed E-state index contributed by atoms with van der Waals surface area (Å²) in [4.78, 5) is 4.51. The lowest BCUT2D eigenvalue weighted by atomic mass is 10.1. The fraction of sp³-hybridized carbons (Fsp3) is 0.400. The highest BCUT2D eigenvalue weighted by Crippen LogP contribution is 2.23. The summed E-state index contributed by atoms with van der Waals surface area (Å²) in [6.45, 7) is 5.13. The van der Waals surface area contributed by atoms with Gasteiger partial charge in [0.2, 0.25) is 0 Å². The monoisotopic (exact) mass is 322 g/mol. The van der Waals surface area contributed by atoms with Crippen molar-refractivity contribution in [2.75, 3.05) is 6.54 Å². The predicted molar refractivity (Wildman–Crippen MR) is 80.1 cm³/mol. The molecule has 0 aliphatic rings. The van der Waals surface area contributed by atoms with Gasteiger partial charge in [-0.05, 0) is 52.7 Å². The normalized spacial score (nSPS) is 12.6. The molecular weight excluding hydrogens is 304 g/mol. The van der Waals surface area contributed by atoms with Crippen LogP contribution in [0.5, 0.6) is 0 Å². The van der Waals surface area contributed by atoms with Gasteiger partial charge in [0.1, 0.15) is 5.76 Å². The van der Waals surface area contributed by atoms with E-state index in [1.807, 2.05) is 18.3 Å². The first-order chi connectivity index (χ1) is 9.22. The quantitative estimate of drug-likeness (QED) is 0.876. The van der Waals surface area contributed by atoms with Gasteiger partial charge in [0.05, 0.1) is 6.04 Å². The topological polar surface area (TPSA) is 38.1 Å². The fourth-order valence-electron chi connectivity index (χ4n) is 2.03. The van der Waals surface area contributed by atoms with Crippen LogP contribution in [0.15, 0.2) is 39.5 Å². The summed E-state index contributed by atoms with van der Waals surface area (Å²) in [7, 11) is 0. The number of nitrogens with one attached hydrogen (secondary N) is 1. The first-order valence-corrected chi connectivity index (χ1v) is 7.44. The number of likely N-dealkylation sites (N-methyl/N-ethyl adjacent to an activating group) is 1. The van der Waals surface area contributed by atoms with Crippen molar-refractivity contribution in [2.45, 2.75) is 32.7 Å². The molecule has 2 rings (SSSR count). The summed E-state index contributed by atoms with van der Waals surface area (Å²) in [6, 6.07) is 8.33. The number of furan rings is 1. The summed E-state index contributed by atoms with van der Waals surface area (Å²) >= 11 is 3.35. The molecule has 0 bridgehead atoms. The van der Waals surface area contributed by atoms with Crippen LogP contribution >= 0.6 is 15.9 Å². The molecule has 0 aromatic carbocycles. The number of halogens is 1. The van der Waals surface area contributed by atoms with Gasteiger partial charge in [0.25, 0.3) is 0 Å². The van der Waals surface area contributed by atoms with E-state index in [1.54, 1.807) is 0 Å². The minimum absolute atomic E-state index is 0.163. The standard InChI is InChI=1S/C15H19BrN2O/c1-3-11-5-6-12(18-10-11)9-13(17-4-2)14-7-8-15(16)19-14/h5-8,10,13,17H,3-4,9H2,1-2H3. The Bertz CT molecular complexity index is 507. The Kier molecular flexibility index (Phi) is 5.16. The van der Waals surface area contributed by atoms with Gasteiger partial charge < -0.3 is 9.73 Å². The van der Waals surface area contributed by atoms with Crippen LogP contribution in [0.2, 0.25) is 0 Å². The average molecular weight is 323 g/mol. The van der Waals surface area contributed by atoms with Crippen LogP contribution in [0.4, 0.5) is 0 Å². The lowest BCUT2D eigenvalue weighted by molar-refractivity contribution is 0.403. The maximum atomic E-state index is 5.64. The molecule has 102 valence electrons. The number of nitrogens with zero attached hydrogens (tertiary/aromatic N) is 1. The SMILES string of the molecule is CCNC(Cc1ccc(CC)cn1)c1ccc(Br)o1. The maximum absolute atomic E-state index is 5.64. The van der Waals surface area contributed by atoms with E-state index in [0.29, 0.717) is 0 Å². The maximum Gasteiger partial charge on any atom is 0.169 e. The Morgan fingerprint density at radius 2 is 2.11 bits per heavy atom. The molecule has 1 N–H and O–H groups in total. The lowest BCUT2D eigenvalue weighted by Crippen LogP contribution is -2.22. The molecule has 0 radical (unpaired) electrons. The molecule has 0 fully saturated rings. The van der Waals surface area contributed by atoms with E-state index in [0.717, 1.165) is 35.5 Å². The zero-order valence-corrected chi connectivity index (χ0v) is 12.9. The van der Waals surface area contributed by atoms with Crippen LogP contribution in [0.1, 0.15) is 36.9 Å². The Labute approximate surface area is 122 Å². The van der Waals surface area contributed by atoms with Gasteiger partial charge in [0.15, 0.2) is 4.67 Å². The summed E-state index contributed by atoms with van der Waals surface area (Å²) in [6.07, 6.45) is 3.81. The second-order valence-electron chi connectivity index (χ2n) is 4.47. The van der Waals surface area contributed by atoms with E-state index in [2.05, 4.69) is 52.2 Å². The Balaban J connectivity index is 2.11. The van der Waals surface area contributed by atoms with Gasteiger partial charge in [-0.1, -0.05) is 19.9 Å². The highest BCUT2D eigenvalue weighted by molar-refractivity contribution is 9.10. The van der Waals surface area contributed by atoms with Crippen molar-refractivity contribution in [2.24, 2.45) is 0 Å². The molecule has 0 spiro atoms. The average Bonchev–Trinajstić information content (AvgIpc) is 2.86. The number of aryl methyl sites for hydroxylation is 1. The third-order valence-corrected chi connectivity index (χ3v) is 3.52. The van der Waals surface area contributed by atoms with E-state index in [1.165, 1.54) is 5.56 Å². The molecule has 2 aromatic heterocycles. The molecule has 19 heavy (non-hydrogen) atoms. The summed E-state index contributed by atoms with van der Waals surface area (Å²) in [5.74, 6) is 0.940. The van der Waals surface area contributed by atoms with Crippen LogP contribution in [-0.4, -0.2) is 11.5 Å². The molecule has 0 amide bonds. The van der Waals surface area contributed by atoms with Crippen molar-refractivity contribution >= 4 is 15.9 Å². The van der Waals surface area contributed by atoms with Crippen LogP contribution in [0, 0.1) is 0 Å². The molecule has 0 saturated carbocycles. The van der Waals surface area contributed by atoms with Crippen molar-refractivity contribution in [3.63, 3.8) is 0 Å². The lowest BCUT2D eigenvalue weighted by Gasteiger charge is -2.15. The minimum Gasteiger partial charge on any atom is -0.453 e. The second kappa shape index (κ2) is 6.87. The third-order valence-electron chi connectivity index (χ3n) is 3.10. The Hall–Kier alpha value is -1.13. The number of pyridine rings is 1. The van der Waals surface area contributed by atoms with Gasteiger partial charge in [-0.2, -0.15) is 0 Å². The predicted octanol–water partition coefficient (Wildman–Crippen LogP) is 3.89. The van der Waals surface area contributed by atoms with Crippen LogP contribution < -0.4 is 5.32 Å².